The van der Waals surface area contributed by atoms with Gasteiger partial charge >= 0.3 is 11.9 Å². The van der Waals surface area contributed by atoms with Crippen LogP contribution in [0.1, 0.15) is 110 Å². The molecule has 0 aromatic heterocycles. The van der Waals surface area contributed by atoms with E-state index in [0.717, 1.165) is 62.6 Å². The van der Waals surface area contributed by atoms with Gasteiger partial charge < -0.3 is 15.1 Å². The summed E-state index contributed by atoms with van der Waals surface area (Å²) < 4.78 is 0. The Morgan fingerprint density at radius 3 is 2.12 bits per heavy atom. The first-order valence-electron chi connectivity index (χ1n) is 16.1. The first-order chi connectivity index (χ1) is 19.5. The van der Waals surface area contributed by atoms with Crippen molar-refractivity contribution in [3.63, 3.8) is 0 Å². The Kier molecular flexibility index (Phi) is 6.44. The Balaban J connectivity index is 1.36. The fourth-order valence-electron chi connectivity index (χ4n) is 12.4. The van der Waals surface area contributed by atoms with E-state index in [1.807, 2.05) is 4.90 Å². The number of hydrogen-bond donors (Lipinski definition) is 2. The molecule has 6 heteroatoms. The highest BCUT2D eigenvalue weighted by Crippen LogP contribution is 2.77. The minimum atomic E-state index is -0.968. The number of amides is 1. The lowest BCUT2D eigenvalue weighted by atomic mass is 9.33. The van der Waals surface area contributed by atoms with Gasteiger partial charge in [0.2, 0.25) is 5.91 Å². The standard InChI is InChI=1S/C36H49NO5/c1-21(2)24-14-17-36(31(41)42)19-18-34(6)25(29(24)36)12-13-27-33(5)20-28(38)37(23-10-8-22(9-11-23)30(39)40)32(3,4)26(33)15-16-35(27,34)7/h8-11,24-27,29H,1,12-20H2,2-7H3,(H,39,40)(H,41,42)/t24?,25-,26+,27-,29-,33+,34-,35-,36+/m1/s1. The molecule has 42 heavy (non-hydrogen) atoms. The Labute approximate surface area is 250 Å². The fourth-order valence-corrected chi connectivity index (χ4v) is 12.4. The Morgan fingerprint density at radius 1 is 0.857 bits per heavy atom. The zero-order valence-electron chi connectivity index (χ0n) is 26.3. The first kappa shape index (κ1) is 29.4. The van der Waals surface area contributed by atoms with E-state index in [-0.39, 0.29) is 39.6 Å². The van der Waals surface area contributed by atoms with Gasteiger partial charge in [0, 0.05) is 17.6 Å². The van der Waals surface area contributed by atoms with Crippen LogP contribution in [0.3, 0.4) is 0 Å². The number of allylic oxidation sites excluding steroid dienone is 1. The van der Waals surface area contributed by atoms with Crippen molar-refractivity contribution in [3.05, 3.63) is 42.0 Å². The molecular weight excluding hydrogens is 526 g/mol. The van der Waals surface area contributed by atoms with Crippen molar-refractivity contribution in [2.45, 2.75) is 105 Å². The Bertz CT molecular complexity index is 1350. The molecule has 0 bridgehead atoms. The number of carboxylic acid groups (broad SMARTS) is 2. The normalized spacial score (nSPS) is 43.9. The van der Waals surface area contributed by atoms with Crippen molar-refractivity contribution in [1.29, 1.82) is 0 Å². The molecule has 1 amide bonds. The summed E-state index contributed by atoms with van der Waals surface area (Å²) in [4.78, 5) is 40.5. The van der Waals surface area contributed by atoms with Gasteiger partial charge in [0.1, 0.15) is 0 Å². The predicted octanol–water partition coefficient (Wildman–Crippen LogP) is 7.82. The summed E-state index contributed by atoms with van der Waals surface area (Å²) in [7, 11) is 0. The molecule has 4 aliphatic carbocycles. The van der Waals surface area contributed by atoms with Gasteiger partial charge in [-0.15, -0.1) is 0 Å². The summed E-state index contributed by atoms with van der Waals surface area (Å²) in [5.74, 6) is -0.00287. The van der Waals surface area contributed by atoms with Crippen LogP contribution in [-0.4, -0.2) is 33.6 Å². The van der Waals surface area contributed by atoms with Crippen LogP contribution in [0.25, 0.3) is 0 Å². The molecular formula is C36H49NO5. The highest BCUT2D eigenvalue weighted by atomic mass is 16.4. The molecule has 4 saturated carbocycles. The average Bonchev–Trinajstić information content (AvgIpc) is 3.30. The topological polar surface area (TPSA) is 94.9 Å². The van der Waals surface area contributed by atoms with Gasteiger partial charge in [0.15, 0.2) is 0 Å². The van der Waals surface area contributed by atoms with Crippen molar-refractivity contribution in [3.8, 4) is 0 Å². The summed E-state index contributed by atoms with van der Waals surface area (Å²) >= 11 is 0. The number of nitrogens with zero attached hydrogens (tertiary/aromatic N) is 1. The van der Waals surface area contributed by atoms with Gasteiger partial charge in [-0.05, 0) is 142 Å². The van der Waals surface area contributed by atoms with Crippen LogP contribution < -0.4 is 4.90 Å². The SMILES string of the molecule is C=C(C)C1CC[C@]2(C(=O)O)CC[C@]3(C)[C@H](CC[C@@H]4[C@@]5(C)CC(=O)N(c6ccc(C(=O)O)cc6)C(C)(C)[C@@H]5CC[C@]43C)[C@@H]12. The Morgan fingerprint density at radius 2 is 1.52 bits per heavy atom. The molecule has 6 rings (SSSR count). The van der Waals surface area contributed by atoms with Gasteiger partial charge in [-0.25, -0.2) is 4.79 Å². The summed E-state index contributed by atoms with van der Waals surface area (Å²) in [6, 6.07) is 6.75. The maximum absolute atomic E-state index is 14.2. The van der Waals surface area contributed by atoms with E-state index in [1.54, 1.807) is 24.3 Å². The van der Waals surface area contributed by atoms with Gasteiger partial charge in [-0.1, -0.05) is 32.9 Å². The van der Waals surface area contributed by atoms with Gasteiger partial charge in [-0.2, -0.15) is 0 Å². The minimum Gasteiger partial charge on any atom is -0.481 e. The third-order valence-electron chi connectivity index (χ3n) is 14.3. The van der Waals surface area contributed by atoms with E-state index in [0.29, 0.717) is 24.2 Å². The molecule has 6 nitrogen and oxygen atoms in total. The number of carbonyl (C=O) groups is 3. The molecule has 1 aliphatic heterocycles. The average molecular weight is 576 g/mol. The second-order valence-corrected chi connectivity index (χ2v) is 16.1. The number of aromatic carboxylic acids is 1. The molecule has 1 aromatic rings. The molecule has 5 aliphatic rings. The van der Waals surface area contributed by atoms with E-state index in [4.69, 9.17) is 0 Å². The highest BCUT2D eigenvalue weighted by molar-refractivity contribution is 5.97. The van der Waals surface area contributed by atoms with Crippen LogP contribution in [0.2, 0.25) is 0 Å². The van der Waals surface area contributed by atoms with Crippen LogP contribution in [0.5, 0.6) is 0 Å². The van der Waals surface area contributed by atoms with Crippen LogP contribution in [-0.2, 0) is 9.59 Å². The van der Waals surface area contributed by atoms with E-state index in [2.05, 4.69) is 48.1 Å². The fraction of sp³-hybridized carbons (Fsp3) is 0.694. The van der Waals surface area contributed by atoms with Crippen LogP contribution in [0.4, 0.5) is 5.69 Å². The largest absolute Gasteiger partial charge is 0.481 e. The van der Waals surface area contributed by atoms with Gasteiger partial charge in [0.05, 0.1) is 11.0 Å². The third kappa shape index (κ3) is 3.59. The molecule has 1 saturated heterocycles. The maximum Gasteiger partial charge on any atom is 0.335 e. The molecule has 1 heterocycles. The number of carbonyl (C=O) groups excluding carboxylic acids is 1. The number of hydrogen-bond acceptors (Lipinski definition) is 3. The molecule has 5 fully saturated rings. The number of aliphatic carboxylic acids is 1. The molecule has 1 aromatic carbocycles. The monoisotopic (exact) mass is 575 g/mol. The van der Waals surface area contributed by atoms with Gasteiger partial charge in [-0.3, -0.25) is 9.59 Å². The molecule has 1 unspecified atom stereocenters. The molecule has 0 spiro atoms. The number of fused-ring (bicyclic) bond motifs is 7. The van der Waals surface area contributed by atoms with Gasteiger partial charge in [0.25, 0.3) is 0 Å². The summed E-state index contributed by atoms with van der Waals surface area (Å²) in [6.45, 7) is 18.2. The summed E-state index contributed by atoms with van der Waals surface area (Å²) in [5.41, 5.74) is 0.964. The molecule has 2 N–H and O–H groups in total. The van der Waals surface area contributed by atoms with Crippen LogP contribution in [0.15, 0.2) is 36.4 Å². The highest BCUT2D eigenvalue weighted by Gasteiger charge is 2.72. The zero-order chi connectivity index (χ0) is 30.6. The number of piperidine rings is 1. The second-order valence-electron chi connectivity index (χ2n) is 16.1. The number of benzene rings is 1. The number of anilines is 1. The molecule has 0 radical (unpaired) electrons. The molecule has 9 atom stereocenters. The van der Waals surface area contributed by atoms with Crippen molar-refractivity contribution in [2.24, 2.45) is 51.2 Å². The minimum absolute atomic E-state index is 0.0164. The Hall–Kier alpha value is -2.63. The number of carboxylic acids is 2. The quantitative estimate of drug-likeness (QED) is 0.357. The van der Waals surface area contributed by atoms with Crippen molar-refractivity contribution >= 4 is 23.5 Å². The predicted molar refractivity (Wildman–Crippen MR) is 163 cm³/mol. The van der Waals surface area contributed by atoms with Crippen LogP contribution >= 0.6 is 0 Å². The van der Waals surface area contributed by atoms with Crippen molar-refractivity contribution in [2.75, 3.05) is 4.90 Å². The van der Waals surface area contributed by atoms with Crippen LogP contribution in [0, 0.1) is 51.2 Å². The van der Waals surface area contributed by atoms with E-state index < -0.39 is 22.9 Å². The number of rotatable bonds is 4. The van der Waals surface area contributed by atoms with E-state index >= 15 is 0 Å². The maximum atomic E-state index is 14.2. The zero-order valence-corrected chi connectivity index (χ0v) is 26.3. The second kappa shape index (κ2) is 9.19. The summed E-state index contributed by atoms with van der Waals surface area (Å²) in [5, 5.41) is 20.0. The van der Waals surface area contributed by atoms with E-state index in [1.165, 1.54) is 0 Å². The lowest BCUT2D eigenvalue weighted by molar-refractivity contribution is -0.229. The lowest BCUT2D eigenvalue weighted by Gasteiger charge is -2.72. The third-order valence-corrected chi connectivity index (χ3v) is 14.3. The van der Waals surface area contributed by atoms with Crippen molar-refractivity contribution < 1.29 is 24.6 Å². The smallest absolute Gasteiger partial charge is 0.335 e. The summed E-state index contributed by atoms with van der Waals surface area (Å²) in [6.07, 6.45) is 8.04. The van der Waals surface area contributed by atoms with Crippen molar-refractivity contribution in [1.82, 2.24) is 0 Å². The molecule has 228 valence electrons. The lowest BCUT2D eigenvalue weighted by Crippen LogP contribution is -2.71. The van der Waals surface area contributed by atoms with E-state index in [9.17, 15) is 24.6 Å². The first-order valence-corrected chi connectivity index (χ1v) is 16.1.